The monoisotopic (exact) mass is 342 g/mol. The van der Waals surface area contributed by atoms with Gasteiger partial charge in [0, 0.05) is 17.7 Å². The quantitative estimate of drug-likeness (QED) is 0.593. The number of hydrogen-bond acceptors (Lipinski definition) is 6. The summed E-state index contributed by atoms with van der Waals surface area (Å²) in [6, 6.07) is 8.54. The van der Waals surface area contributed by atoms with Gasteiger partial charge in [-0.1, -0.05) is 0 Å². The molecule has 0 fully saturated rings. The predicted octanol–water partition coefficient (Wildman–Crippen LogP) is 3.34. The van der Waals surface area contributed by atoms with Crippen LogP contribution in [0.4, 0.5) is 0 Å². The summed E-state index contributed by atoms with van der Waals surface area (Å²) in [5, 5.41) is 0. The van der Waals surface area contributed by atoms with Crippen molar-refractivity contribution in [3.8, 4) is 28.7 Å². The van der Waals surface area contributed by atoms with Gasteiger partial charge >= 0.3 is 0 Å². The number of carbonyl (C=O) groups is 1. The first-order valence-electron chi connectivity index (χ1n) is 7.58. The van der Waals surface area contributed by atoms with Crippen LogP contribution >= 0.6 is 0 Å². The minimum atomic E-state index is -0.168. The zero-order valence-corrected chi connectivity index (χ0v) is 14.2. The molecule has 1 aliphatic rings. The Kier molecular flexibility index (Phi) is 4.79. The van der Waals surface area contributed by atoms with E-state index in [1.165, 1.54) is 6.08 Å². The molecule has 2 aromatic rings. The summed E-state index contributed by atoms with van der Waals surface area (Å²) in [5.41, 5.74) is 1.16. The van der Waals surface area contributed by atoms with Crippen molar-refractivity contribution in [2.24, 2.45) is 0 Å². The lowest BCUT2D eigenvalue weighted by Gasteiger charge is -2.12. The molecule has 3 rings (SSSR count). The Balaban J connectivity index is 1.89. The number of rotatable bonds is 6. The maximum atomic E-state index is 12.5. The molecular weight excluding hydrogens is 324 g/mol. The SMILES string of the molecule is COc1cc(OC)c(/C=C/C(=O)c2ccc3c(c2)OCO3)c(OC)c1. The Morgan fingerprint density at radius 1 is 0.960 bits per heavy atom. The average molecular weight is 342 g/mol. The predicted molar refractivity (Wildman–Crippen MR) is 92.0 cm³/mol. The lowest BCUT2D eigenvalue weighted by atomic mass is 10.1. The number of allylic oxidation sites excluding steroid dienone is 1. The fourth-order valence-electron chi connectivity index (χ4n) is 2.50. The number of benzene rings is 2. The van der Waals surface area contributed by atoms with E-state index in [0.717, 1.165) is 0 Å². The maximum Gasteiger partial charge on any atom is 0.231 e. The molecule has 0 bridgehead atoms. The summed E-state index contributed by atoms with van der Waals surface area (Å²) in [4.78, 5) is 12.5. The molecule has 0 aliphatic carbocycles. The molecule has 0 radical (unpaired) electrons. The molecule has 0 aromatic heterocycles. The third-order valence-electron chi connectivity index (χ3n) is 3.81. The van der Waals surface area contributed by atoms with Gasteiger partial charge in [0.05, 0.1) is 26.9 Å². The number of ether oxygens (including phenoxy) is 5. The van der Waals surface area contributed by atoms with Gasteiger partial charge in [0.2, 0.25) is 6.79 Å². The van der Waals surface area contributed by atoms with Crippen LogP contribution in [0, 0.1) is 0 Å². The summed E-state index contributed by atoms with van der Waals surface area (Å²) in [5.74, 6) is 2.74. The van der Waals surface area contributed by atoms with Crippen LogP contribution in [0.1, 0.15) is 15.9 Å². The van der Waals surface area contributed by atoms with Crippen LogP contribution in [-0.4, -0.2) is 33.9 Å². The highest BCUT2D eigenvalue weighted by Gasteiger charge is 2.16. The van der Waals surface area contributed by atoms with E-state index in [1.54, 1.807) is 57.7 Å². The molecule has 0 spiro atoms. The fraction of sp³-hybridized carbons (Fsp3) is 0.211. The Hall–Kier alpha value is -3.15. The zero-order valence-electron chi connectivity index (χ0n) is 14.2. The first-order chi connectivity index (χ1) is 12.2. The lowest BCUT2D eigenvalue weighted by Crippen LogP contribution is -1.97. The number of hydrogen-bond donors (Lipinski definition) is 0. The van der Waals surface area contributed by atoms with E-state index in [2.05, 4.69) is 0 Å². The maximum absolute atomic E-state index is 12.5. The normalized spacial score (nSPS) is 12.3. The molecule has 6 nitrogen and oxygen atoms in total. The smallest absolute Gasteiger partial charge is 0.231 e. The van der Waals surface area contributed by atoms with E-state index < -0.39 is 0 Å². The largest absolute Gasteiger partial charge is 0.496 e. The van der Waals surface area contributed by atoms with Gasteiger partial charge in [0.25, 0.3) is 0 Å². The molecule has 0 saturated carbocycles. The average Bonchev–Trinajstić information content (AvgIpc) is 3.12. The van der Waals surface area contributed by atoms with E-state index in [0.29, 0.717) is 39.9 Å². The topological polar surface area (TPSA) is 63.2 Å². The second-order valence-corrected chi connectivity index (χ2v) is 5.21. The highest BCUT2D eigenvalue weighted by atomic mass is 16.7. The molecule has 0 saturated heterocycles. The van der Waals surface area contributed by atoms with Gasteiger partial charge in [-0.2, -0.15) is 0 Å². The van der Waals surface area contributed by atoms with Crippen molar-refractivity contribution in [2.75, 3.05) is 28.1 Å². The molecule has 0 atom stereocenters. The number of ketones is 1. The van der Waals surface area contributed by atoms with Gasteiger partial charge in [-0.05, 0) is 30.4 Å². The standard InChI is InChI=1S/C19H18O6/c1-21-13-9-17(22-2)14(18(10-13)23-3)5-6-15(20)12-4-7-16-19(8-12)25-11-24-16/h4-10H,11H2,1-3H3/b6-5+. The lowest BCUT2D eigenvalue weighted by molar-refractivity contribution is 0.104. The molecular formula is C19H18O6. The molecule has 2 aromatic carbocycles. The fourth-order valence-corrected chi connectivity index (χ4v) is 2.50. The van der Waals surface area contributed by atoms with Gasteiger partial charge in [0.1, 0.15) is 17.2 Å². The van der Waals surface area contributed by atoms with E-state index in [9.17, 15) is 4.79 Å². The molecule has 1 heterocycles. The van der Waals surface area contributed by atoms with Crippen molar-refractivity contribution in [1.82, 2.24) is 0 Å². The number of methoxy groups -OCH3 is 3. The van der Waals surface area contributed by atoms with E-state index in [-0.39, 0.29) is 12.6 Å². The Morgan fingerprint density at radius 3 is 2.28 bits per heavy atom. The molecule has 0 unspecified atom stereocenters. The molecule has 1 aliphatic heterocycles. The highest BCUT2D eigenvalue weighted by molar-refractivity contribution is 6.07. The van der Waals surface area contributed by atoms with E-state index in [1.807, 2.05) is 0 Å². The first-order valence-corrected chi connectivity index (χ1v) is 7.58. The Bertz CT molecular complexity index is 800. The summed E-state index contributed by atoms with van der Waals surface area (Å²) in [6.07, 6.45) is 3.12. The van der Waals surface area contributed by atoms with E-state index in [4.69, 9.17) is 23.7 Å². The van der Waals surface area contributed by atoms with Crippen LogP contribution in [0.25, 0.3) is 6.08 Å². The summed E-state index contributed by atoms with van der Waals surface area (Å²) < 4.78 is 26.5. The van der Waals surface area contributed by atoms with Gasteiger partial charge in [-0.25, -0.2) is 0 Å². The van der Waals surface area contributed by atoms with Crippen LogP contribution in [0.3, 0.4) is 0 Å². The van der Waals surface area contributed by atoms with Crippen molar-refractivity contribution in [3.05, 3.63) is 47.5 Å². The Morgan fingerprint density at radius 2 is 1.64 bits per heavy atom. The molecule has 6 heteroatoms. The Labute approximate surface area is 145 Å². The molecule has 0 amide bonds. The second kappa shape index (κ2) is 7.17. The molecule has 25 heavy (non-hydrogen) atoms. The van der Waals surface area contributed by atoms with Gasteiger partial charge < -0.3 is 23.7 Å². The second-order valence-electron chi connectivity index (χ2n) is 5.21. The zero-order chi connectivity index (χ0) is 17.8. The van der Waals surface area contributed by atoms with Crippen molar-refractivity contribution in [2.45, 2.75) is 0 Å². The van der Waals surface area contributed by atoms with Crippen molar-refractivity contribution < 1.29 is 28.5 Å². The van der Waals surface area contributed by atoms with E-state index >= 15 is 0 Å². The summed E-state index contributed by atoms with van der Waals surface area (Å²) in [6.45, 7) is 0.170. The summed E-state index contributed by atoms with van der Waals surface area (Å²) in [7, 11) is 4.66. The molecule has 130 valence electrons. The summed E-state index contributed by atoms with van der Waals surface area (Å²) >= 11 is 0. The van der Waals surface area contributed by atoms with Crippen LogP contribution < -0.4 is 23.7 Å². The minimum absolute atomic E-state index is 0.168. The highest BCUT2D eigenvalue weighted by Crippen LogP contribution is 2.35. The minimum Gasteiger partial charge on any atom is -0.496 e. The van der Waals surface area contributed by atoms with Crippen LogP contribution in [0.5, 0.6) is 28.7 Å². The van der Waals surface area contributed by atoms with Crippen LogP contribution in [0.15, 0.2) is 36.4 Å². The molecule has 0 N–H and O–H groups in total. The first kappa shape index (κ1) is 16.7. The number of carbonyl (C=O) groups excluding carboxylic acids is 1. The third kappa shape index (κ3) is 3.38. The third-order valence-corrected chi connectivity index (χ3v) is 3.81. The van der Waals surface area contributed by atoms with Crippen LogP contribution in [-0.2, 0) is 0 Å². The van der Waals surface area contributed by atoms with Crippen molar-refractivity contribution in [1.29, 1.82) is 0 Å². The van der Waals surface area contributed by atoms with Gasteiger partial charge in [0.15, 0.2) is 17.3 Å². The van der Waals surface area contributed by atoms with Crippen LogP contribution in [0.2, 0.25) is 0 Å². The number of fused-ring (bicyclic) bond motifs is 1. The van der Waals surface area contributed by atoms with Gasteiger partial charge in [-0.3, -0.25) is 4.79 Å². The van der Waals surface area contributed by atoms with Crippen molar-refractivity contribution >= 4 is 11.9 Å². The van der Waals surface area contributed by atoms with Gasteiger partial charge in [-0.15, -0.1) is 0 Å². The van der Waals surface area contributed by atoms with Crippen molar-refractivity contribution in [3.63, 3.8) is 0 Å².